The fourth-order valence-electron chi connectivity index (χ4n) is 3.68. The highest BCUT2D eigenvalue weighted by molar-refractivity contribution is 6.37. The van der Waals surface area contributed by atoms with Crippen LogP contribution in [0.4, 0.5) is 5.69 Å². The fraction of sp³-hybridized carbons (Fsp3) is 0.273. The van der Waals surface area contributed by atoms with Crippen molar-refractivity contribution in [3.63, 3.8) is 0 Å². The Morgan fingerprint density at radius 2 is 2.17 bits per heavy atom. The number of methoxy groups -OCH3 is 1. The van der Waals surface area contributed by atoms with Crippen molar-refractivity contribution in [2.45, 2.75) is 20.0 Å². The summed E-state index contributed by atoms with van der Waals surface area (Å²) >= 11 is 6.80. The lowest BCUT2D eigenvalue weighted by Gasteiger charge is -2.23. The summed E-state index contributed by atoms with van der Waals surface area (Å²) in [4.78, 5) is 16.8. The lowest BCUT2D eigenvalue weighted by Crippen LogP contribution is -2.18. The van der Waals surface area contributed by atoms with Crippen LogP contribution in [0, 0.1) is 6.92 Å². The number of nitrogens with zero attached hydrogens (tertiary/aromatic N) is 1. The number of esters is 1. The van der Waals surface area contributed by atoms with E-state index in [4.69, 9.17) is 21.1 Å². The molecule has 2 aromatic carbocycles. The Labute approximate surface area is 173 Å². The molecule has 7 heteroatoms. The van der Waals surface area contributed by atoms with Gasteiger partial charge in [0.05, 0.1) is 36.4 Å². The van der Waals surface area contributed by atoms with Crippen LogP contribution >= 0.6 is 11.6 Å². The molecule has 4 rings (SSSR count). The molecule has 0 atom stereocenters. The van der Waals surface area contributed by atoms with Gasteiger partial charge < -0.3 is 19.9 Å². The van der Waals surface area contributed by atoms with E-state index < -0.39 is 0 Å². The number of anilines is 1. The summed E-state index contributed by atoms with van der Waals surface area (Å²) in [6.07, 6.45) is 0.0830. The number of aromatic nitrogens is 1. The van der Waals surface area contributed by atoms with Crippen molar-refractivity contribution in [2.24, 2.45) is 0 Å². The zero-order valence-electron chi connectivity index (χ0n) is 16.2. The van der Waals surface area contributed by atoms with Gasteiger partial charge in [-0.2, -0.15) is 0 Å². The molecule has 29 heavy (non-hydrogen) atoms. The number of nitrogens with one attached hydrogen (secondary N) is 1. The topological polar surface area (TPSA) is 80.7 Å². The lowest BCUT2D eigenvalue weighted by atomic mass is 9.91. The third-order valence-electron chi connectivity index (χ3n) is 5.12. The first-order chi connectivity index (χ1) is 14.0. The normalized spacial score (nSPS) is 12.8. The van der Waals surface area contributed by atoms with Crippen LogP contribution in [0.1, 0.15) is 16.8 Å². The van der Waals surface area contributed by atoms with Crippen LogP contribution in [0.25, 0.3) is 22.0 Å². The third kappa shape index (κ3) is 3.50. The smallest absolute Gasteiger partial charge is 0.310 e. The minimum atomic E-state index is -0.349. The molecular formula is C22H21ClN2O4. The molecular weight excluding hydrogens is 392 g/mol. The molecule has 3 aromatic rings. The third-order valence-corrected chi connectivity index (χ3v) is 5.52. The first-order valence-electron chi connectivity index (χ1n) is 9.32. The molecule has 0 aliphatic carbocycles. The number of pyridine rings is 1. The van der Waals surface area contributed by atoms with Crippen molar-refractivity contribution < 1.29 is 19.4 Å². The summed E-state index contributed by atoms with van der Waals surface area (Å²) in [6, 6.07) is 9.39. The maximum absolute atomic E-state index is 12.1. The molecule has 0 saturated carbocycles. The molecule has 150 valence electrons. The van der Waals surface area contributed by atoms with Crippen molar-refractivity contribution in [2.75, 3.05) is 25.6 Å². The number of halogens is 1. The number of hydrogen-bond donors (Lipinski definition) is 2. The van der Waals surface area contributed by atoms with E-state index in [9.17, 15) is 9.90 Å². The molecule has 2 heterocycles. The van der Waals surface area contributed by atoms with Gasteiger partial charge in [-0.05, 0) is 41.8 Å². The fourth-order valence-corrected chi connectivity index (χ4v) is 4.00. The predicted octanol–water partition coefficient (Wildman–Crippen LogP) is 3.88. The number of fused-ring (bicyclic) bond motifs is 2. The van der Waals surface area contributed by atoms with Gasteiger partial charge in [-0.3, -0.25) is 9.78 Å². The van der Waals surface area contributed by atoms with E-state index in [1.54, 1.807) is 0 Å². The van der Waals surface area contributed by atoms with Gasteiger partial charge in [-0.1, -0.05) is 23.7 Å². The summed E-state index contributed by atoms with van der Waals surface area (Å²) < 4.78 is 10.6. The van der Waals surface area contributed by atoms with Crippen molar-refractivity contribution in [1.29, 1.82) is 0 Å². The maximum atomic E-state index is 12.1. The summed E-state index contributed by atoms with van der Waals surface area (Å²) in [5.41, 5.74) is 5.34. The Morgan fingerprint density at radius 3 is 2.93 bits per heavy atom. The zero-order chi connectivity index (χ0) is 20.5. The van der Waals surface area contributed by atoms with E-state index in [1.165, 1.54) is 7.11 Å². The quantitative estimate of drug-likeness (QED) is 0.633. The Bertz CT molecular complexity index is 1110. The summed E-state index contributed by atoms with van der Waals surface area (Å²) in [5, 5.41) is 14.2. The second-order valence-electron chi connectivity index (χ2n) is 6.89. The van der Waals surface area contributed by atoms with Crippen LogP contribution in [0.3, 0.4) is 0 Å². The van der Waals surface area contributed by atoms with Crippen LogP contribution in [0.2, 0.25) is 5.02 Å². The number of benzene rings is 2. The molecule has 1 aromatic heterocycles. The van der Waals surface area contributed by atoms with Crippen LogP contribution < -0.4 is 10.1 Å². The van der Waals surface area contributed by atoms with Gasteiger partial charge >= 0.3 is 5.97 Å². The number of aliphatic hydroxyl groups excluding tert-OH is 1. The molecule has 0 spiro atoms. The van der Waals surface area contributed by atoms with Crippen molar-refractivity contribution >= 4 is 34.2 Å². The summed E-state index contributed by atoms with van der Waals surface area (Å²) in [6.45, 7) is 3.04. The average molecular weight is 413 g/mol. The molecule has 1 aliphatic heterocycles. The largest absolute Gasteiger partial charge is 0.490 e. The van der Waals surface area contributed by atoms with Crippen LogP contribution in [0.5, 0.6) is 5.75 Å². The highest BCUT2D eigenvalue weighted by Gasteiger charge is 2.23. The van der Waals surface area contributed by atoms with Crippen molar-refractivity contribution in [1.82, 2.24) is 4.98 Å². The van der Waals surface area contributed by atoms with E-state index in [1.807, 2.05) is 37.3 Å². The summed E-state index contributed by atoms with van der Waals surface area (Å²) in [7, 11) is 1.37. The Hall–Kier alpha value is -2.83. The van der Waals surface area contributed by atoms with Gasteiger partial charge in [-0.25, -0.2) is 0 Å². The highest BCUT2D eigenvalue weighted by Crippen LogP contribution is 2.44. The Kier molecular flexibility index (Phi) is 5.30. The van der Waals surface area contributed by atoms with E-state index >= 15 is 0 Å². The van der Waals surface area contributed by atoms with Gasteiger partial charge in [-0.15, -0.1) is 0 Å². The minimum absolute atomic E-state index is 0.0726. The van der Waals surface area contributed by atoms with Crippen LogP contribution in [-0.4, -0.2) is 36.3 Å². The van der Waals surface area contributed by atoms with Gasteiger partial charge in [0.25, 0.3) is 0 Å². The first-order valence-corrected chi connectivity index (χ1v) is 9.70. The molecule has 0 radical (unpaired) electrons. The Morgan fingerprint density at radius 1 is 1.34 bits per heavy atom. The van der Waals surface area contributed by atoms with Crippen LogP contribution in [0.15, 0.2) is 30.3 Å². The number of rotatable bonds is 4. The van der Waals surface area contributed by atoms with E-state index in [0.717, 1.165) is 38.8 Å². The van der Waals surface area contributed by atoms with E-state index in [-0.39, 0.29) is 19.0 Å². The average Bonchev–Trinajstić information content (AvgIpc) is 2.74. The molecule has 0 saturated heterocycles. The summed E-state index contributed by atoms with van der Waals surface area (Å²) in [5.74, 6) is 0.357. The molecule has 0 unspecified atom stereocenters. The molecule has 0 bridgehead atoms. The molecule has 1 aliphatic rings. The highest BCUT2D eigenvalue weighted by atomic mass is 35.5. The van der Waals surface area contributed by atoms with E-state index in [2.05, 4.69) is 10.3 Å². The van der Waals surface area contributed by atoms with Gasteiger partial charge in [0.1, 0.15) is 12.4 Å². The monoisotopic (exact) mass is 412 g/mol. The van der Waals surface area contributed by atoms with E-state index in [0.29, 0.717) is 29.6 Å². The number of ether oxygens (including phenoxy) is 2. The molecule has 0 amide bonds. The molecule has 0 fully saturated rings. The number of aliphatic hydroxyl groups is 1. The van der Waals surface area contributed by atoms with Crippen molar-refractivity contribution in [3.8, 4) is 16.9 Å². The number of carbonyl (C=O) groups is 1. The predicted molar refractivity (Wildman–Crippen MR) is 113 cm³/mol. The van der Waals surface area contributed by atoms with Gasteiger partial charge in [0.2, 0.25) is 0 Å². The number of hydrogen-bond acceptors (Lipinski definition) is 6. The lowest BCUT2D eigenvalue weighted by molar-refractivity contribution is -0.139. The SMILES string of the molecule is COC(=O)Cc1c(C)nc2cc(CO)ccc2c1-c1ccc2c(c1Cl)NCCO2. The first kappa shape index (κ1) is 19.5. The van der Waals surface area contributed by atoms with Gasteiger partial charge in [0.15, 0.2) is 0 Å². The van der Waals surface area contributed by atoms with Crippen LogP contribution in [-0.2, 0) is 22.6 Å². The second kappa shape index (κ2) is 7.89. The maximum Gasteiger partial charge on any atom is 0.310 e. The Balaban J connectivity index is 2.03. The molecule has 2 N–H and O–H groups in total. The number of carbonyl (C=O) groups excluding carboxylic acids is 1. The minimum Gasteiger partial charge on any atom is -0.490 e. The zero-order valence-corrected chi connectivity index (χ0v) is 17.0. The van der Waals surface area contributed by atoms with Gasteiger partial charge in [0, 0.05) is 23.2 Å². The second-order valence-corrected chi connectivity index (χ2v) is 7.27. The molecule has 6 nitrogen and oxygen atoms in total. The number of aryl methyl sites for hydroxylation is 1. The standard InChI is InChI=1S/C22H21ClN2O4/c1-12-16(10-19(27)28-2)20(14-4-3-13(11-26)9-17(14)25-12)15-5-6-18-22(21(15)23)24-7-8-29-18/h3-6,9,24,26H,7-8,10-11H2,1-2H3. The van der Waals surface area contributed by atoms with Crippen molar-refractivity contribution in [3.05, 3.63) is 52.2 Å².